The summed E-state index contributed by atoms with van der Waals surface area (Å²) in [6.07, 6.45) is 3.58. The second-order valence-corrected chi connectivity index (χ2v) is 6.97. The molecule has 2 N–H and O–H groups in total. The number of hydrogen-bond donors (Lipinski definition) is 2. The van der Waals surface area contributed by atoms with Crippen molar-refractivity contribution in [2.75, 3.05) is 10.6 Å². The summed E-state index contributed by atoms with van der Waals surface area (Å²) in [7, 11) is 0. The van der Waals surface area contributed by atoms with Crippen molar-refractivity contribution in [1.29, 1.82) is 0 Å². The molecule has 4 rings (SSSR count). The highest BCUT2D eigenvalue weighted by Gasteiger charge is 2.38. The molecule has 9 heteroatoms. The average Bonchev–Trinajstić information content (AvgIpc) is 2.94. The van der Waals surface area contributed by atoms with Crippen molar-refractivity contribution < 1.29 is 9.21 Å². The van der Waals surface area contributed by atoms with Crippen molar-refractivity contribution in [3.05, 3.63) is 23.5 Å². The Morgan fingerprint density at radius 2 is 2.12 bits per heavy atom. The molecule has 0 atom stereocenters. The molecule has 124 valence electrons. The van der Waals surface area contributed by atoms with Crippen molar-refractivity contribution in [2.45, 2.75) is 39.2 Å². The SMILES string of the molecule is Cc1nsc(NC(=O)c2c(C)oc3ncnc(NC4(C)CC4)c23)n1. The number of aryl methyl sites for hydroxylation is 2. The summed E-state index contributed by atoms with van der Waals surface area (Å²) in [6.45, 7) is 5.64. The van der Waals surface area contributed by atoms with Gasteiger partial charge in [0.2, 0.25) is 10.8 Å². The van der Waals surface area contributed by atoms with Crippen LogP contribution in [0.2, 0.25) is 0 Å². The Morgan fingerprint density at radius 1 is 1.33 bits per heavy atom. The molecule has 3 aromatic heterocycles. The molecule has 1 aliphatic rings. The number of aromatic nitrogens is 4. The van der Waals surface area contributed by atoms with Crippen LogP contribution in [-0.4, -0.2) is 30.8 Å². The Kier molecular flexibility index (Phi) is 3.27. The van der Waals surface area contributed by atoms with Crippen molar-refractivity contribution >= 4 is 39.5 Å². The summed E-state index contributed by atoms with van der Waals surface area (Å²) in [5.41, 5.74) is 0.842. The van der Waals surface area contributed by atoms with E-state index in [1.54, 1.807) is 13.8 Å². The van der Waals surface area contributed by atoms with Gasteiger partial charge in [-0.2, -0.15) is 4.37 Å². The normalized spacial score (nSPS) is 15.5. The first-order chi connectivity index (χ1) is 11.5. The molecular formula is C15H16N6O2S. The zero-order chi connectivity index (χ0) is 16.9. The second kappa shape index (κ2) is 5.23. The minimum atomic E-state index is -0.304. The number of furan rings is 1. The summed E-state index contributed by atoms with van der Waals surface area (Å²) in [4.78, 5) is 25.4. The minimum absolute atomic E-state index is 0.0243. The van der Waals surface area contributed by atoms with Gasteiger partial charge in [-0.15, -0.1) is 0 Å². The molecule has 1 fully saturated rings. The molecule has 0 aliphatic heterocycles. The van der Waals surface area contributed by atoms with Gasteiger partial charge >= 0.3 is 0 Å². The van der Waals surface area contributed by atoms with Crippen molar-refractivity contribution in [2.24, 2.45) is 0 Å². The average molecular weight is 344 g/mol. The smallest absolute Gasteiger partial charge is 0.261 e. The van der Waals surface area contributed by atoms with Gasteiger partial charge in [-0.25, -0.2) is 15.0 Å². The molecular weight excluding hydrogens is 328 g/mol. The molecule has 1 saturated carbocycles. The largest absolute Gasteiger partial charge is 0.442 e. The summed E-state index contributed by atoms with van der Waals surface area (Å²) in [6, 6.07) is 0. The van der Waals surface area contributed by atoms with E-state index in [-0.39, 0.29) is 11.4 Å². The lowest BCUT2D eigenvalue weighted by atomic mass is 10.1. The van der Waals surface area contributed by atoms with Crippen LogP contribution in [0.4, 0.5) is 10.9 Å². The van der Waals surface area contributed by atoms with Crippen LogP contribution >= 0.6 is 11.5 Å². The highest BCUT2D eigenvalue weighted by molar-refractivity contribution is 7.09. The van der Waals surface area contributed by atoms with Crippen LogP contribution < -0.4 is 10.6 Å². The van der Waals surface area contributed by atoms with Gasteiger partial charge in [0.15, 0.2) is 0 Å². The molecule has 24 heavy (non-hydrogen) atoms. The molecule has 0 aromatic carbocycles. The first kappa shape index (κ1) is 15.0. The predicted octanol–water partition coefficient (Wildman–Crippen LogP) is 2.91. The van der Waals surface area contributed by atoms with Crippen LogP contribution in [-0.2, 0) is 0 Å². The zero-order valence-corrected chi connectivity index (χ0v) is 14.3. The van der Waals surface area contributed by atoms with Gasteiger partial charge in [-0.05, 0) is 33.6 Å². The Bertz CT molecular complexity index is 943. The monoisotopic (exact) mass is 344 g/mol. The number of carbonyl (C=O) groups is 1. The summed E-state index contributed by atoms with van der Waals surface area (Å²) < 4.78 is 9.72. The highest BCUT2D eigenvalue weighted by Crippen LogP contribution is 2.40. The van der Waals surface area contributed by atoms with Gasteiger partial charge in [-0.3, -0.25) is 10.1 Å². The molecule has 3 heterocycles. The van der Waals surface area contributed by atoms with Crippen LogP contribution in [0.5, 0.6) is 0 Å². The summed E-state index contributed by atoms with van der Waals surface area (Å²) in [5.74, 6) is 1.43. The number of rotatable bonds is 4. The number of fused-ring (bicyclic) bond motifs is 1. The van der Waals surface area contributed by atoms with Gasteiger partial charge in [0.05, 0.1) is 10.9 Å². The molecule has 0 bridgehead atoms. The first-order valence-electron chi connectivity index (χ1n) is 7.59. The lowest BCUT2D eigenvalue weighted by Gasteiger charge is -2.12. The quantitative estimate of drug-likeness (QED) is 0.749. The fourth-order valence-electron chi connectivity index (χ4n) is 2.52. The van der Waals surface area contributed by atoms with E-state index in [4.69, 9.17) is 4.42 Å². The number of nitrogens with one attached hydrogen (secondary N) is 2. The Labute approximate surface area is 141 Å². The molecule has 3 aromatic rings. The maximum atomic E-state index is 12.7. The highest BCUT2D eigenvalue weighted by atomic mass is 32.1. The third-order valence-electron chi connectivity index (χ3n) is 4.06. The van der Waals surface area contributed by atoms with Crippen molar-refractivity contribution in [1.82, 2.24) is 19.3 Å². The molecule has 8 nitrogen and oxygen atoms in total. The molecule has 0 spiro atoms. The Morgan fingerprint density at radius 3 is 2.79 bits per heavy atom. The van der Waals surface area contributed by atoms with Gasteiger partial charge in [-0.1, -0.05) is 0 Å². The van der Waals surface area contributed by atoms with E-state index in [2.05, 4.69) is 36.9 Å². The van der Waals surface area contributed by atoms with E-state index < -0.39 is 0 Å². The fraction of sp³-hybridized carbons (Fsp3) is 0.400. The van der Waals surface area contributed by atoms with Crippen LogP contribution in [0.25, 0.3) is 11.1 Å². The zero-order valence-electron chi connectivity index (χ0n) is 13.5. The maximum Gasteiger partial charge on any atom is 0.261 e. The van der Waals surface area contributed by atoms with E-state index in [1.165, 1.54) is 6.33 Å². The van der Waals surface area contributed by atoms with E-state index in [1.807, 2.05) is 0 Å². The topological polar surface area (TPSA) is 106 Å². The van der Waals surface area contributed by atoms with E-state index >= 15 is 0 Å². The third-order valence-corrected chi connectivity index (χ3v) is 4.78. The van der Waals surface area contributed by atoms with Gasteiger partial charge in [0.25, 0.3) is 5.91 Å². The molecule has 0 radical (unpaired) electrons. The number of carbonyl (C=O) groups excluding carboxylic acids is 1. The lowest BCUT2D eigenvalue weighted by Crippen LogP contribution is -2.18. The van der Waals surface area contributed by atoms with Gasteiger partial charge < -0.3 is 9.73 Å². The first-order valence-corrected chi connectivity index (χ1v) is 8.36. The second-order valence-electron chi connectivity index (χ2n) is 6.22. The Hall–Kier alpha value is -2.55. The van der Waals surface area contributed by atoms with Crippen LogP contribution in [0, 0.1) is 13.8 Å². The van der Waals surface area contributed by atoms with E-state index in [0.29, 0.717) is 39.2 Å². The van der Waals surface area contributed by atoms with Gasteiger partial charge in [0, 0.05) is 17.1 Å². The maximum absolute atomic E-state index is 12.7. The van der Waals surface area contributed by atoms with Crippen LogP contribution in [0.1, 0.15) is 41.7 Å². The predicted molar refractivity (Wildman–Crippen MR) is 90.4 cm³/mol. The summed E-state index contributed by atoms with van der Waals surface area (Å²) >= 11 is 1.14. The van der Waals surface area contributed by atoms with Crippen molar-refractivity contribution in [3.63, 3.8) is 0 Å². The van der Waals surface area contributed by atoms with E-state index in [0.717, 1.165) is 24.4 Å². The number of nitrogens with zero attached hydrogens (tertiary/aromatic N) is 4. The van der Waals surface area contributed by atoms with Crippen molar-refractivity contribution in [3.8, 4) is 0 Å². The molecule has 1 amide bonds. The molecule has 0 saturated heterocycles. The Balaban J connectivity index is 1.76. The van der Waals surface area contributed by atoms with E-state index in [9.17, 15) is 4.79 Å². The third kappa shape index (κ3) is 2.60. The molecule has 0 unspecified atom stereocenters. The molecule has 1 aliphatic carbocycles. The number of amides is 1. The fourth-order valence-corrected chi connectivity index (χ4v) is 3.09. The van der Waals surface area contributed by atoms with Crippen LogP contribution in [0.15, 0.2) is 10.7 Å². The standard InChI is InChI=1S/C15H16N6O2S/c1-7-9(12(22)19-14-18-8(2)21-24-14)10-11(20-15(3)4-5-15)16-6-17-13(10)23-7/h6H,4-5H2,1-3H3,(H,16,17,20)(H,18,19,21,22). The van der Waals surface area contributed by atoms with Gasteiger partial charge in [0.1, 0.15) is 23.7 Å². The number of anilines is 2. The summed E-state index contributed by atoms with van der Waals surface area (Å²) in [5, 5.41) is 7.21. The van der Waals surface area contributed by atoms with Crippen LogP contribution in [0.3, 0.4) is 0 Å². The minimum Gasteiger partial charge on any atom is -0.442 e. The number of hydrogen-bond acceptors (Lipinski definition) is 8. The lowest BCUT2D eigenvalue weighted by molar-refractivity contribution is 0.102.